The van der Waals surface area contributed by atoms with Crippen LogP contribution in [-0.2, 0) is 6.54 Å². The van der Waals surface area contributed by atoms with Crippen molar-refractivity contribution in [2.24, 2.45) is 0 Å². The SMILES string of the molecule is CNCc1cc([N+](=O)[O-])ccn1. The molecule has 1 rings (SSSR count). The summed E-state index contributed by atoms with van der Waals surface area (Å²) in [4.78, 5) is 13.8. The number of rotatable bonds is 3. The van der Waals surface area contributed by atoms with Gasteiger partial charge in [-0.15, -0.1) is 0 Å². The number of pyridine rings is 1. The largest absolute Gasteiger partial charge is 0.314 e. The normalized spacial score (nSPS) is 9.75. The van der Waals surface area contributed by atoms with Crippen LogP contribution in [0.4, 0.5) is 5.69 Å². The van der Waals surface area contributed by atoms with E-state index in [1.54, 1.807) is 7.05 Å². The molecule has 5 heteroatoms. The predicted molar refractivity (Wildman–Crippen MR) is 43.7 cm³/mol. The summed E-state index contributed by atoms with van der Waals surface area (Å²) in [7, 11) is 1.76. The Kier molecular flexibility index (Phi) is 2.71. The topological polar surface area (TPSA) is 68.1 Å². The quantitative estimate of drug-likeness (QED) is 0.531. The van der Waals surface area contributed by atoms with E-state index in [1.807, 2.05) is 0 Å². The summed E-state index contributed by atoms with van der Waals surface area (Å²) in [5, 5.41) is 13.2. The van der Waals surface area contributed by atoms with Gasteiger partial charge in [-0.05, 0) is 7.05 Å². The average Bonchev–Trinajstić information content (AvgIpc) is 2.05. The fourth-order valence-electron chi connectivity index (χ4n) is 0.857. The monoisotopic (exact) mass is 167 g/mol. The lowest BCUT2D eigenvalue weighted by Gasteiger charge is -1.97. The fraction of sp³-hybridized carbons (Fsp3) is 0.286. The molecule has 0 atom stereocenters. The van der Waals surface area contributed by atoms with E-state index < -0.39 is 4.92 Å². The first-order valence-electron chi connectivity index (χ1n) is 3.48. The zero-order chi connectivity index (χ0) is 8.97. The first-order chi connectivity index (χ1) is 5.74. The van der Waals surface area contributed by atoms with Crippen LogP contribution in [0.1, 0.15) is 5.69 Å². The smallest absolute Gasteiger partial charge is 0.272 e. The Morgan fingerprint density at radius 3 is 3.08 bits per heavy atom. The Hall–Kier alpha value is -1.49. The van der Waals surface area contributed by atoms with Gasteiger partial charge in [-0.3, -0.25) is 15.1 Å². The van der Waals surface area contributed by atoms with Crippen molar-refractivity contribution >= 4 is 5.69 Å². The molecule has 0 fully saturated rings. The fourth-order valence-corrected chi connectivity index (χ4v) is 0.857. The molecule has 1 N–H and O–H groups in total. The Balaban J connectivity index is 2.88. The Labute approximate surface area is 69.6 Å². The molecule has 0 radical (unpaired) electrons. The molecule has 0 aromatic carbocycles. The molecule has 5 nitrogen and oxygen atoms in total. The molecule has 0 saturated heterocycles. The van der Waals surface area contributed by atoms with Crippen molar-refractivity contribution in [2.45, 2.75) is 6.54 Å². The van der Waals surface area contributed by atoms with Gasteiger partial charge in [0.05, 0.1) is 10.6 Å². The van der Waals surface area contributed by atoms with Crippen LogP contribution in [0.5, 0.6) is 0 Å². The van der Waals surface area contributed by atoms with Gasteiger partial charge in [0.15, 0.2) is 0 Å². The minimum atomic E-state index is -0.430. The van der Waals surface area contributed by atoms with Crippen LogP contribution in [-0.4, -0.2) is 17.0 Å². The second kappa shape index (κ2) is 3.77. The Bertz CT molecular complexity index is 288. The van der Waals surface area contributed by atoms with Crippen LogP contribution in [0, 0.1) is 10.1 Å². The lowest BCUT2D eigenvalue weighted by atomic mass is 10.3. The van der Waals surface area contributed by atoms with E-state index in [0.717, 1.165) is 0 Å². The van der Waals surface area contributed by atoms with Gasteiger partial charge in [0.2, 0.25) is 0 Å². The first-order valence-corrected chi connectivity index (χ1v) is 3.48. The number of hydrogen-bond acceptors (Lipinski definition) is 4. The summed E-state index contributed by atoms with van der Waals surface area (Å²) < 4.78 is 0. The summed E-state index contributed by atoms with van der Waals surface area (Å²) in [6.07, 6.45) is 1.44. The third-order valence-electron chi connectivity index (χ3n) is 1.37. The van der Waals surface area contributed by atoms with Crippen LogP contribution in [0.3, 0.4) is 0 Å². The lowest BCUT2D eigenvalue weighted by Crippen LogP contribution is -2.06. The van der Waals surface area contributed by atoms with E-state index in [0.29, 0.717) is 12.2 Å². The molecule has 0 bridgehead atoms. The number of hydrogen-bond donors (Lipinski definition) is 1. The third-order valence-corrected chi connectivity index (χ3v) is 1.37. The van der Waals surface area contributed by atoms with Crippen molar-refractivity contribution in [1.82, 2.24) is 10.3 Å². The summed E-state index contributed by atoms with van der Waals surface area (Å²) >= 11 is 0. The van der Waals surface area contributed by atoms with Crippen molar-refractivity contribution in [3.05, 3.63) is 34.1 Å². The summed E-state index contributed by atoms with van der Waals surface area (Å²) in [6, 6.07) is 2.83. The molecule has 1 aromatic rings. The summed E-state index contributed by atoms with van der Waals surface area (Å²) in [5.74, 6) is 0. The molecule has 12 heavy (non-hydrogen) atoms. The highest BCUT2D eigenvalue weighted by Gasteiger charge is 2.05. The van der Waals surface area contributed by atoms with E-state index in [-0.39, 0.29) is 5.69 Å². The molecule has 0 aliphatic rings. The first kappa shape index (κ1) is 8.61. The third kappa shape index (κ3) is 2.00. The zero-order valence-corrected chi connectivity index (χ0v) is 6.65. The molecule has 0 unspecified atom stereocenters. The molecule has 0 spiro atoms. The van der Waals surface area contributed by atoms with Gasteiger partial charge in [0.1, 0.15) is 0 Å². The molecule has 1 heterocycles. The van der Waals surface area contributed by atoms with Gasteiger partial charge in [-0.25, -0.2) is 0 Å². The van der Waals surface area contributed by atoms with E-state index in [1.165, 1.54) is 18.3 Å². The molecule has 0 aliphatic carbocycles. The Morgan fingerprint density at radius 2 is 2.50 bits per heavy atom. The maximum Gasteiger partial charge on any atom is 0.272 e. The highest BCUT2D eigenvalue weighted by molar-refractivity contribution is 5.29. The molecular formula is C7H9N3O2. The van der Waals surface area contributed by atoms with Crippen LogP contribution in [0.15, 0.2) is 18.3 Å². The van der Waals surface area contributed by atoms with Gasteiger partial charge >= 0.3 is 0 Å². The van der Waals surface area contributed by atoms with Gasteiger partial charge in [-0.2, -0.15) is 0 Å². The maximum atomic E-state index is 10.3. The molecule has 0 saturated carbocycles. The van der Waals surface area contributed by atoms with Crippen LogP contribution >= 0.6 is 0 Å². The molecule has 0 aliphatic heterocycles. The van der Waals surface area contributed by atoms with Crippen molar-refractivity contribution in [3.8, 4) is 0 Å². The van der Waals surface area contributed by atoms with E-state index in [9.17, 15) is 10.1 Å². The van der Waals surface area contributed by atoms with Gasteiger partial charge in [0.25, 0.3) is 5.69 Å². The minimum Gasteiger partial charge on any atom is -0.314 e. The molecule has 64 valence electrons. The van der Waals surface area contributed by atoms with Crippen molar-refractivity contribution in [1.29, 1.82) is 0 Å². The maximum absolute atomic E-state index is 10.3. The summed E-state index contributed by atoms with van der Waals surface area (Å²) in [6.45, 7) is 0.543. The van der Waals surface area contributed by atoms with Crippen molar-refractivity contribution in [2.75, 3.05) is 7.05 Å². The number of nitrogens with one attached hydrogen (secondary N) is 1. The van der Waals surface area contributed by atoms with E-state index in [4.69, 9.17) is 0 Å². The number of aromatic nitrogens is 1. The molecule has 1 aromatic heterocycles. The minimum absolute atomic E-state index is 0.0789. The van der Waals surface area contributed by atoms with Crippen molar-refractivity contribution in [3.63, 3.8) is 0 Å². The van der Waals surface area contributed by atoms with E-state index in [2.05, 4.69) is 10.3 Å². The Morgan fingerprint density at radius 1 is 1.75 bits per heavy atom. The second-order valence-electron chi connectivity index (χ2n) is 2.29. The van der Waals surface area contributed by atoms with Gasteiger partial charge < -0.3 is 5.32 Å². The highest BCUT2D eigenvalue weighted by atomic mass is 16.6. The number of nitro groups is 1. The van der Waals surface area contributed by atoms with Gasteiger partial charge in [0, 0.05) is 24.9 Å². The zero-order valence-electron chi connectivity index (χ0n) is 6.65. The molecule has 0 amide bonds. The predicted octanol–water partition coefficient (Wildman–Crippen LogP) is 0.709. The standard InChI is InChI=1S/C7H9N3O2/c1-8-5-6-4-7(10(11)12)2-3-9-6/h2-4,8H,5H2,1H3. The van der Waals surface area contributed by atoms with E-state index >= 15 is 0 Å². The van der Waals surface area contributed by atoms with Crippen LogP contribution in [0.25, 0.3) is 0 Å². The van der Waals surface area contributed by atoms with Crippen LogP contribution < -0.4 is 5.32 Å². The van der Waals surface area contributed by atoms with Crippen LogP contribution in [0.2, 0.25) is 0 Å². The number of nitrogens with zero attached hydrogens (tertiary/aromatic N) is 2. The second-order valence-corrected chi connectivity index (χ2v) is 2.29. The average molecular weight is 167 g/mol. The van der Waals surface area contributed by atoms with Gasteiger partial charge in [-0.1, -0.05) is 0 Å². The highest BCUT2D eigenvalue weighted by Crippen LogP contribution is 2.09. The summed E-state index contributed by atoms with van der Waals surface area (Å²) in [5.41, 5.74) is 0.752. The van der Waals surface area contributed by atoms with Crippen molar-refractivity contribution < 1.29 is 4.92 Å². The molecular weight excluding hydrogens is 158 g/mol. The lowest BCUT2D eigenvalue weighted by molar-refractivity contribution is -0.385.